The van der Waals surface area contributed by atoms with Crippen molar-refractivity contribution in [1.29, 1.82) is 0 Å². The summed E-state index contributed by atoms with van der Waals surface area (Å²) in [5.41, 5.74) is 0. The van der Waals surface area contributed by atoms with Gasteiger partial charge >= 0.3 is 5.97 Å². The van der Waals surface area contributed by atoms with Gasteiger partial charge in [-0.3, -0.25) is 4.79 Å². The molecule has 1 amide bonds. The van der Waals surface area contributed by atoms with Gasteiger partial charge in [0.2, 0.25) is 5.91 Å². The van der Waals surface area contributed by atoms with E-state index in [-0.39, 0.29) is 12.5 Å². The molecule has 0 spiro atoms. The van der Waals surface area contributed by atoms with E-state index in [2.05, 4.69) is 5.32 Å². The number of carbonyl (C=O) groups is 2. The van der Waals surface area contributed by atoms with Crippen molar-refractivity contribution in [3.63, 3.8) is 0 Å². The minimum absolute atomic E-state index is 0.262. The molecular formula is C10H19NO4. The largest absolute Gasteiger partial charge is 0.464 e. The van der Waals surface area contributed by atoms with Gasteiger partial charge in [-0.25, -0.2) is 4.79 Å². The van der Waals surface area contributed by atoms with Crippen LogP contribution in [0.15, 0.2) is 0 Å². The van der Waals surface area contributed by atoms with Crippen molar-refractivity contribution in [2.75, 3.05) is 13.2 Å². The molecule has 0 radical (unpaired) electrons. The Bertz CT molecular complexity index is 215. The first-order valence-corrected chi connectivity index (χ1v) is 5.08. The highest BCUT2D eigenvalue weighted by atomic mass is 16.5. The lowest BCUT2D eigenvalue weighted by Gasteiger charge is -2.18. The fourth-order valence-corrected chi connectivity index (χ4v) is 1.17. The Hall–Kier alpha value is -1.10. The molecule has 1 atom stereocenters. The highest BCUT2D eigenvalue weighted by molar-refractivity contribution is 5.84. The smallest absolute Gasteiger partial charge is 0.328 e. The molecular weight excluding hydrogens is 198 g/mol. The van der Waals surface area contributed by atoms with Crippen LogP contribution in [0.5, 0.6) is 0 Å². The van der Waals surface area contributed by atoms with Crippen LogP contribution in [0, 0.1) is 5.92 Å². The Morgan fingerprint density at radius 3 is 2.40 bits per heavy atom. The van der Waals surface area contributed by atoms with Crippen LogP contribution >= 0.6 is 0 Å². The summed E-state index contributed by atoms with van der Waals surface area (Å²) in [6, 6.07) is -0.662. The lowest BCUT2D eigenvalue weighted by Crippen LogP contribution is -2.43. The molecule has 0 bridgehead atoms. The Kier molecular flexibility index (Phi) is 6.70. The molecule has 15 heavy (non-hydrogen) atoms. The molecule has 0 fully saturated rings. The van der Waals surface area contributed by atoms with Gasteiger partial charge in [0.1, 0.15) is 12.6 Å². The number of ether oxygens (including phenoxy) is 1. The Labute approximate surface area is 89.8 Å². The first kappa shape index (κ1) is 13.9. The van der Waals surface area contributed by atoms with Gasteiger partial charge in [0.05, 0.1) is 6.61 Å². The number of aliphatic hydroxyl groups excluding tert-OH is 1. The predicted octanol–water partition coefficient (Wildman–Crippen LogP) is 0.0727. The molecule has 0 saturated carbocycles. The second-order valence-electron chi connectivity index (χ2n) is 3.66. The van der Waals surface area contributed by atoms with Crippen LogP contribution in [-0.2, 0) is 14.3 Å². The summed E-state index contributed by atoms with van der Waals surface area (Å²) in [5.74, 6) is -0.750. The van der Waals surface area contributed by atoms with E-state index in [0.29, 0.717) is 6.42 Å². The maximum Gasteiger partial charge on any atom is 0.328 e. The molecule has 0 aliphatic carbocycles. The number of nitrogens with one attached hydrogen (secondary N) is 1. The van der Waals surface area contributed by atoms with E-state index in [4.69, 9.17) is 9.84 Å². The van der Waals surface area contributed by atoms with E-state index in [1.807, 2.05) is 13.8 Å². The number of rotatable bonds is 6. The van der Waals surface area contributed by atoms with E-state index in [0.717, 1.165) is 0 Å². The predicted molar refractivity (Wildman–Crippen MR) is 55.1 cm³/mol. The third-order valence-electron chi connectivity index (χ3n) is 1.76. The minimum Gasteiger partial charge on any atom is -0.464 e. The standard InChI is InChI=1S/C10H19NO4/c1-4-15-10(14)8(5-7(2)3)11-9(13)6-12/h7-8,12H,4-6H2,1-3H3,(H,11,13)/t8-/m0/s1. The highest BCUT2D eigenvalue weighted by Gasteiger charge is 2.22. The number of amides is 1. The Morgan fingerprint density at radius 2 is 2.00 bits per heavy atom. The van der Waals surface area contributed by atoms with Crippen molar-refractivity contribution in [3.05, 3.63) is 0 Å². The third-order valence-corrected chi connectivity index (χ3v) is 1.76. The van der Waals surface area contributed by atoms with Crippen LogP contribution in [0.3, 0.4) is 0 Å². The Morgan fingerprint density at radius 1 is 1.40 bits per heavy atom. The van der Waals surface area contributed by atoms with Crippen molar-refractivity contribution >= 4 is 11.9 Å². The SMILES string of the molecule is CCOC(=O)[C@H](CC(C)C)NC(=O)CO. The highest BCUT2D eigenvalue weighted by Crippen LogP contribution is 2.06. The van der Waals surface area contributed by atoms with E-state index < -0.39 is 24.5 Å². The van der Waals surface area contributed by atoms with Crippen LogP contribution in [0.2, 0.25) is 0 Å². The van der Waals surface area contributed by atoms with Gasteiger partial charge in [-0.15, -0.1) is 0 Å². The van der Waals surface area contributed by atoms with Crippen LogP contribution in [0.4, 0.5) is 0 Å². The fraction of sp³-hybridized carbons (Fsp3) is 0.800. The van der Waals surface area contributed by atoms with Gasteiger partial charge in [0.25, 0.3) is 0 Å². The van der Waals surface area contributed by atoms with Crippen molar-refractivity contribution in [2.45, 2.75) is 33.2 Å². The monoisotopic (exact) mass is 217 g/mol. The molecule has 0 aliphatic heterocycles. The molecule has 0 unspecified atom stereocenters. The summed E-state index contributed by atoms with van der Waals surface area (Å²) in [7, 11) is 0. The van der Waals surface area contributed by atoms with Gasteiger partial charge < -0.3 is 15.2 Å². The maximum absolute atomic E-state index is 11.4. The molecule has 0 aliphatic rings. The number of hydrogen-bond acceptors (Lipinski definition) is 4. The van der Waals surface area contributed by atoms with E-state index in [1.165, 1.54) is 0 Å². The average molecular weight is 217 g/mol. The van der Waals surface area contributed by atoms with Gasteiger partial charge in [-0.1, -0.05) is 13.8 Å². The lowest BCUT2D eigenvalue weighted by molar-refractivity contribution is -0.148. The maximum atomic E-state index is 11.4. The van der Waals surface area contributed by atoms with Gasteiger partial charge in [0, 0.05) is 0 Å². The topological polar surface area (TPSA) is 75.6 Å². The molecule has 2 N–H and O–H groups in total. The molecule has 0 aromatic heterocycles. The zero-order chi connectivity index (χ0) is 11.8. The van der Waals surface area contributed by atoms with E-state index in [1.54, 1.807) is 6.92 Å². The van der Waals surface area contributed by atoms with Crippen molar-refractivity contribution < 1.29 is 19.4 Å². The summed E-state index contributed by atoms with van der Waals surface area (Å²) in [5, 5.41) is 11.0. The summed E-state index contributed by atoms with van der Waals surface area (Å²) >= 11 is 0. The molecule has 0 heterocycles. The van der Waals surface area contributed by atoms with Gasteiger partial charge in [-0.2, -0.15) is 0 Å². The summed E-state index contributed by atoms with van der Waals surface area (Å²) in [6.07, 6.45) is 0.505. The number of esters is 1. The minimum atomic E-state index is -0.662. The van der Waals surface area contributed by atoms with Gasteiger partial charge in [-0.05, 0) is 19.3 Å². The summed E-state index contributed by atoms with van der Waals surface area (Å²) < 4.78 is 4.81. The zero-order valence-electron chi connectivity index (χ0n) is 9.45. The molecule has 0 aromatic rings. The Balaban J connectivity index is 4.29. The van der Waals surface area contributed by atoms with E-state index in [9.17, 15) is 9.59 Å². The third kappa shape index (κ3) is 6.06. The summed E-state index contributed by atoms with van der Waals surface area (Å²) in [6.45, 7) is 5.25. The van der Waals surface area contributed by atoms with Crippen LogP contribution in [-0.4, -0.2) is 36.2 Å². The first-order valence-electron chi connectivity index (χ1n) is 5.08. The second-order valence-corrected chi connectivity index (χ2v) is 3.66. The molecule has 5 nitrogen and oxygen atoms in total. The number of aliphatic hydroxyl groups is 1. The molecule has 88 valence electrons. The average Bonchev–Trinajstić information content (AvgIpc) is 2.16. The molecule has 0 rings (SSSR count). The number of hydrogen-bond donors (Lipinski definition) is 2. The zero-order valence-corrected chi connectivity index (χ0v) is 9.45. The van der Waals surface area contributed by atoms with Crippen LogP contribution in [0.25, 0.3) is 0 Å². The van der Waals surface area contributed by atoms with Crippen molar-refractivity contribution in [2.24, 2.45) is 5.92 Å². The number of carbonyl (C=O) groups excluding carboxylic acids is 2. The lowest BCUT2D eigenvalue weighted by atomic mass is 10.0. The van der Waals surface area contributed by atoms with Crippen LogP contribution < -0.4 is 5.32 Å². The van der Waals surface area contributed by atoms with Crippen LogP contribution in [0.1, 0.15) is 27.2 Å². The molecule has 5 heteroatoms. The van der Waals surface area contributed by atoms with Crippen molar-refractivity contribution in [3.8, 4) is 0 Å². The molecule has 0 aromatic carbocycles. The summed E-state index contributed by atoms with van der Waals surface area (Å²) in [4.78, 5) is 22.4. The second kappa shape index (κ2) is 7.23. The van der Waals surface area contributed by atoms with Crippen molar-refractivity contribution in [1.82, 2.24) is 5.32 Å². The molecule has 0 saturated heterocycles. The first-order chi connectivity index (χ1) is 7.01. The van der Waals surface area contributed by atoms with Gasteiger partial charge in [0.15, 0.2) is 0 Å². The quantitative estimate of drug-likeness (QED) is 0.617. The fourth-order valence-electron chi connectivity index (χ4n) is 1.17. The van der Waals surface area contributed by atoms with E-state index >= 15 is 0 Å². The normalized spacial score (nSPS) is 12.3.